The smallest absolute Gasteiger partial charge is 0.160 e. The van der Waals surface area contributed by atoms with Crippen molar-refractivity contribution in [3.05, 3.63) is 42.1 Å². The fourth-order valence-corrected chi connectivity index (χ4v) is 4.01. The average molecular weight is 327 g/mol. The minimum Gasteiger partial charge on any atom is -0.497 e. The van der Waals surface area contributed by atoms with Crippen LogP contribution in [0.25, 0.3) is 0 Å². The summed E-state index contributed by atoms with van der Waals surface area (Å²) in [7, 11) is 1.71. The molecule has 3 nitrogen and oxygen atoms in total. The van der Waals surface area contributed by atoms with E-state index in [1.165, 1.54) is 37.7 Å². The third kappa shape index (κ3) is 4.40. The molecule has 3 heteroatoms. The molecule has 1 unspecified atom stereocenters. The van der Waals surface area contributed by atoms with Crippen LogP contribution in [0, 0.1) is 5.92 Å². The van der Waals surface area contributed by atoms with Crippen molar-refractivity contribution in [3.8, 4) is 5.75 Å². The highest BCUT2D eigenvalue weighted by Gasteiger charge is 2.21. The number of nitrogens with zero attached hydrogens (tertiary/aromatic N) is 1. The number of rotatable bonds is 5. The number of ether oxygens (including phenoxy) is 1. The number of methoxy groups -OCH3 is 1. The molecule has 1 aromatic carbocycles. The summed E-state index contributed by atoms with van der Waals surface area (Å²) in [5, 5.41) is 0. The molecule has 1 aliphatic heterocycles. The zero-order valence-electron chi connectivity index (χ0n) is 14.7. The molecule has 1 aliphatic carbocycles. The molecule has 3 rings (SSSR count). The molecule has 0 amide bonds. The Bertz CT molecular complexity index is 575. The van der Waals surface area contributed by atoms with E-state index in [4.69, 9.17) is 4.74 Å². The molecule has 1 aromatic rings. The van der Waals surface area contributed by atoms with E-state index in [2.05, 4.69) is 23.1 Å². The quantitative estimate of drug-likeness (QED) is 0.744. The van der Waals surface area contributed by atoms with Crippen LogP contribution in [-0.2, 0) is 4.79 Å². The molecular formula is C21H29NO2. The molecule has 24 heavy (non-hydrogen) atoms. The molecule has 2 fully saturated rings. The van der Waals surface area contributed by atoms with Gasteiger partial charge >= 0.3 is 0 Å². The van der Waals surface area contributed by atoms with Crippen LogP contribution in [0.4, 0.5) is 0 Å². The van der Waals surface area contributed by atoms with Crippen LogP contribution in [-0.4, -0.2) is 30.9 Å². The van der Waals surface area contributed by atoms with Crippen LogP contribution in [0.2, 0.25) is 0 Å². The van der Waals surface area contributed by atoms with Crippen molar-refractivity contribution in [2.45, 2.75) is 50.9 Å². The molecule has 130 valence electrons. The lowest BCUT2D eigenvalue weighted by Gasteiger charge is -2.32. The molecule has 1 heterocycles. The summed E-state index contributed by atoms with van der Waals surface area (Å²) < 4.78 is 5.35. The van der Waals surface area contributed by atoms with E-state index in [0.29, 0.717) is 11.7 Å². The van der Waals surface area contributed by atoms with Gasteiger partial charge in [0.15, 0.2) is 5.78 Å². The van der Waals surface area contributed by atoms with Gasteiger partial charge in [-0.25, -0.2) is 0 Å². The van der Waals surface area contributed by atoms with E-state index >= 15 is 0 Å². The molecule has 1 saturated carbocycles. The first-order chi connectivity index (χ1) is 11.8. The molecule has 0 bridgehead atoms. The molecule has 0 N–H and O–H groups in total. The summed E-state index contributed by atoms with van der Waals surface area (Å²) in [4.78, 5) is 14.7. The first-order valence-electron chi connectivity index (χ1n) is 9.36. The van der Waals surface area contributed by atoms with E-state index in [0.717, 1.165) is 31.7 Å². The molecule has 0 aromatic heterocycles. The lowest BCUT2D eigenvalue weighted by molar-refractivity contribution is -0.119. The summed E-state index contributed by atoms with van der Waals surface area (Å²) in [6.45, 7) is 2.04. The van der Waals surface area contributed by atoms with Gasteiger partial charge in [0.2, 0.25) is 0 Å². The van der Waals surface area contributed by atoms with Gasteiger partial charge in [0, 0.05) is 31.1 Å². The number of carbonyl (C=O) groups excluding carboxylic acids is 1. The number of likely N-dealkylation sites (tertiary alicyclic amines) is 1. The van der Waals surface area contributed by atoms with Crippen LogP contribution in [0.15, 0.2) is 36.5 Å². The first kappa shape index (κ1) is 17.1. The maximum Gasteiger partial charge on any atom is 0.160 e. The maximum absolute atomic E-state index is 12.3. The highest BCUT2D eigenvalue weighted by molar-refractivity contribution is 5.91. The fourth-order valence-electron chi connectivity index (χ4n) is 4.01. The predicted molar refractivity (Wildman–Crippen MR) is 97.3 cm³/mol. The number of hydrogen-bond donors (Lipinski definition) is 0. The summed E-state index contributed by atoms with van der Waals surface area (Å²) in [6, 6.07) is 8.39. The average Bonchev–Trinajstić information content (AvgIpc) is 2.67. The minimum absolute atomic E-state index is 0.272. The van der Waals surface area contributed by atoms with Crippen molar-refractivity contribution in [2.75, 3.05) is 20.2 Å². The maximum atomic E-state index is 12.3. The van der Waals surface area contributed by atoms with Gasteiger partial charge in [-0.3, -0.25) is 4.79 Å². The summed E-state index contributed by atoms with van der Waals surface area (Å²) in [5.74, 6) is 2.04. The number of allylic oxidation sites excluding steroid dienone is 1. The Labute approximate surface area is 145 Å². The number of ketones is 1. The Morgan fingerprint density at radius 3 is 2.79 bits per heavy atom. The second-order valence-electron chi connectivity index (χ2n) is 7.16. The second-order valence-corrected chi connectivity index (χ2v) is 7.16. The normalized spacial score (nSPS) is 22.7. The SMILES string of the molecule is COc1cccc(C2CCCN(/C=C/C(=O)C3CCCCC3)C2)c1. The van der Waals surface area contributed by atoms with Crippen molar-refractivity contribution in [2.24, 2.45) is 5.92 Å². The van der Waals surface area contributed by atoms with Crippen LogP contribution in [0.3, 0.4) is 0 Å². The molecule has 2 aliphatic rings. The molecule has 0 radical (unpaired) electrons. The van der Waals surface area contributed by atoms with E-state index < -0.39 is 0 Å². The number of benzene rings is 1. The van der Waals surface area contributed by atoms with Gasteiger partial charge in [-0.1, -0.05) is 31.4 Å². The highest BCUT2D eigenvalue weighted by atomic mass is 16.5. The number of carbonyl (C=O) groups is 1. The summed E-state index contributed by atoms with van der Waals surface area (Å²) in [5.41, 5.74) is 1.34. The van der Waals surface area contributed by atoms with E-state index in [1.807, 2.05) is 18.3 Å². The van der Waals surface area contributed by atoms with Crippen molar-refractivity contribution in [1.29, 1.82) is 0 Å². The van der Waals surface area contributed by atoms with Crippen LogP contribution in [0.5, 0.6) is 5.75 Å². The van der Waals surface area contributed by atoms with Gasteiger partial charge in [-0.2, -0.15) is 0 Å². The van der Waals surface area contributed by atoms with Gasteiger partial charge in [0.25, 0.3) is 0 Å². The lowest BCUT2D eigenvalue weighted by atomic mass is 9.86. The molecule has 0 spiro atoms. The van der Waals surface area contributed by atoms with Crippen molar-refractivity contribution in [3.63, 3.8) is 0 Å². The highest BCUT2D eigenvalue weighted by Crippen LogP contribution is 2.29. The van der Waals surface area contributed by atoms with Crippen molar-refractivity contribution < 1.29 is 9.53 Å². The topological polar surface area (TPSA) is 29.5 Å². The summed E-state index contributed by atoms with van der Waals surface area (Å²) >= 11 is 0. The zero-order valence-corrected chi connectivity index (χ0v) is 14.7. The van der Waals surface area contributed by atoms with Crippen molar-refractivity contribution >= 4 is 5.78 Å². The minimum atomic E-state index is 0.272. The Morgan fingerprint density at radius 1 is 1.17 bits per heavy atom. The van der Waals surface area contributed by atoms with Gasteiger partial charge in [-0.05, 0) is 49.5 Å². The number of piperidine rings is 1. The molecule has 1 saturated heterocycles. The third-order valence-corrected chi connectivity index (χ3v) is 5.48. The van der Waals surface area contributed by atoms with E-state index in [-0.39, 0.29) is 5.92 Å². The lowest BCUT2D eigenvalue weighted by Crippen LogP contribution is -2.30. The van der Waals surface area contributed by atoms with E-state index in [9.17, 15) is 4.79 Å². The predicted octanol–water partition coefficient (Wildman–Crippen LogP) is 4.54. The third-order valence-electron chi connectivity index (χ3n) is 5.48. The Balaban J connectivity index is 1.58. The first-order valence-corrected chi connectivity index (χ1v) is 9.36. The largest absolute Gasteiger partial charge is 0.497 e. The monoisotopic (exact) mass is 327 g/mol. The van der Waals surface area contributed by atoms with Crippen LogP contribution in [0.1, 0.15) is 56.4 Å². The Kier molecular flexibility index (Phi) is 5.95. The van der Waals surface area contributed by atoms with Crippen LogP contribution >= 0.6 is 0 Å². The van der Waals surface area contributed by atoms with Gasteiger partial charge in [-0.15, -0.1) is 0 Å². The van der Waals surface area contributed by atoms with Gasteiger partial charge < -0.3 is 9.64 Å². The second kappa shape index (κ2) is 8.36. The Morgan fingerprint density at radius 2 is 2.00 bits per heavy atom. The van der Waals surface area contributed by atoms with Crippen molar-refractivity contribution in [1.82, 2.24) is 4.90 Å². The standard InChI is InChI=1S/C21H29NO2/c1-24-20-11-5-9-18(15-20)19-10-6-13-22(16-19)14-12-21(23)17-7-3-2-4-8-17/h5,9,11-12,14-15,17,19H,2-4,6-8,10,13,16H2,1H3/b14-12+. The Hall–Kier alpha value is -1.77. The summed E-state index contributed by atoms with van der Waals surface area (Å²) in [6.07, 6.45) is 12.1. The fraction of sp³-hybridized carbons (Fsp3) is 0.571. The molecular weight excluding hydrogens is 298 g/mol. The molecule has 1 atom stereocenters. The number of hydrogen-bond acceptors (Lipinski definition) is 3. The van der Waals surface area contributed by atoms with Crippen LogP contribution < -0.4 is 4.74 Å². The zero-order chi connectivity index (χ0) is 16.8. The van der Waals surface area contributed by atoms with Gasteiger partial charge in [0.1, 0.15) is 5.75 Å². The van der Waals surface area contributed by atoms with Gasteiger partial charge in [0.05, 0.1) is 7.11 Å². The van der Waals surface area contributed by atoms with E-state index in [1.54, 1.807) is 7.11 Å².